The van der Waals surface area contributed by atoms with Crippen LogP contribution in [0.5, 0.6) is 11.5 Å². The number of carbonyl (C=O) groups is 2. The van der Waals surface area contributed by atoms with Crippen molar-refractivity contribution in [3.8, 4) is 22.8 Å². The molecular weight excluding hydrogens is 392 g/mol. The number of rotatable bonds is 6. The number of hydrogen-bond donors (Lipinski definition) is 2. The molecule has 1 spiro atoms. The number of para-hydroxylation sites is 1. The van der Waals surface area contributed by atoms with Gasteiger partial charge < -0.3 is 15.8 Å². The van der Waals surface area contributed by atoms with Crippen molar-refractivity contribution in [3.05, 3.63) is 72.8 Å². The normalized spacial score (nSPS) is 21.1. The van der Waals surface area contributed by atoms with Crippen LogP contribution in [0.15, 0.2) is 67.3 Å². The molecule has 1 aromatic heterocycles. The lowest BCUT2D eigenvalue weighted by Crippen LogP contribution is -2.49. The van der Waals surface area contributed by atoms with Gasteiger partial charge in [-0.3, -0.25) is 9.59 Å². The van der Waals surface area contributed by atoms with Crippen molar-refractivity contribution in [1.82, 2.24) is 9.78 Å². The number of anilines is 1. The number of primary amides is 1. The van der Waals surface area contributed by atoms with Crippen molar-refractivity contribution < 1.29 is 14.3 Å². The minimum absolute atomic E-state index is 0.0515. The summed E-state index contributed by atoms with van der Waals surface area (Å²) in [4.78, 5) is 24.3. The fraction of sp³-hybridized carbons (Fsp3) is 0.208. The molecule has 156 valence electrons. The van der Waals surface area contributed by atoms with Gasteiger partial charge in [-0.2, -0.15) is 5.10 Å². The molecule has 3 N–H and O–H groups in total. The number of amides is 1. The first-order chi connectivity index (χ1) is 15.0. The van der Waals surface area contributed by atoms with Crippen LogP contribution in [0.4, 0.5) is 5.82 Å². The Kier molecular flexibility index (Phi) is 4.39. The molecule has 1 aliphatic carbocycles. The van der Waals surface area contributed by atoms with Crippen molar-refractivity contribution in [3.63, 3.8) is 0 Å². The number of ketones is 1. The second kappa shape index (κ2) is 7.12. The summed E-state index contributed by atoms with van der Waals surface area (Å²) < 4.78 is 7.69. The minimum atomic E-state index is -0.538. The molecule has 0 atom stereocenters. The van der Waals surface area contributed by atoms with Gasteiger partial charge in [-0.05, 0) is 55.3 Å². The van der Waals surface area contributed by atoms with Crippen molar-refractivity contribution in [2.24, 2.45) is 11.7 Å². The summed E-state index contributed by atoms with van der Waals surface area (Å²) in [7, 11) is 0. The Hall–Kier alpha value is -3.87. The maximum Gasteiger partial charge on any atom is 0.254 e. The largest absolute Gasteiger partial charge is 0.457 e. The van der Waals surface area contributed by atoms with E-state index in [1.165, 1.54) is 6.08 Å². The third-order valence-corrected chi connectivity index (χ3v) is 6.13. The van der Waals surface area contributed by atoms with Gasteiger partial charge >= 0.3 is 0 Å². The average molecular weight is 414 g/mol. The maximum atomic E-state index is 12.3. The highest BCUT2D eigenvalue weighted by atomic mass is 16.5. The summed E-state index contributed by atoms with van der Waals surface area (Å²) >= 11 is 0. The predicted molar refractivity (Wildman–Crippen MR) is 117 cm³/mol. The van der Waals surface area contributed by atoms with Crippen molar-refractivity contribution in [2.75, 3.05) is 11.9 Å². The molecule has 1 aliphatic heterocycles. The summed E-state index contributed by atoms with van der Waals surface area (Å²) in [5.74, 6) is 1.51. The first-order valence-electron chi connectivity index (χ1n) is 10.2. The fourth-order valence-corrected chi connectivity index (χ4v) is 4.53. The predicted octanol–water partition coefficient (Wildman–Crippen LogP) is 3.73. The Bertz CT molecular complexity index is 1180. The van der Waals surface area contributed by atoms with E-state index in [4.69, 9.17) is 15.6 Å². The molecular formula is C24H22N4O3. The van der Waals surface area contributed by atoms with Gasteiger partial charge in [0.05, 0.1) is 5.54 Å². The fourth-order valence-electron chi connectivity index (χ4n) is 4.53. The highest BCUT2D eigenvalue weighted by Crippen LogP contribution is 2.50. The third-order valence-electron chi connectivity index (χ3n) is 6.13. The molecule has 3 aromatic rings. The van der Waals surface area contributed by atoms with E-state index in [1.54, 1.807) is 0 Å². The molecule has 2 aliphatic rings. The van der Waals surface area contributed by atoms with Crippen LogP contribution in [0.25, 0.3) is 11.3 Å². The molecule has 2 heterocycles. The molecule has 0 bridgehead atoms. The van der Waals surface area contributed by atoms with Crippen LogP contribution in [0.1, 0.15) is 23.2 Å². The monoisotopic (exact) mass is 414 g/mol. The minimum Gasteiger partial charge on any atom is -0.457 e. The van der Waals surface area contributed by atoms with Crippen LogP contribution in [-0.2, 0) is 10.3 Å². The zero-order valence-electron chi connectivity index (χ0n) is 16.9. The molecule has 7 heteroatoms. The van der Waals surface area contributed by atoms with Crippen LogP contribution in [0.3, 0.4) is 0 Å². The third kappa shape index (κ3) is 3.09. The van der Waals surface area contributed by atoms with Crippen molar-refractivity contribution in [1.29, 1.82) is 0 Å². The smallest absolute Gasteiger partial charge is 0.254 e. The van der Waals surface area contributed by atoms with E-state index in [9.17, 15) is 9.59 Å². The molecule has 2 aromatic carbocycles. The SMILES string of the molecule is C=CC(=O)C1CC2(CNc3c(C(N)=O)c(-c4ccc(Oc5ccccc5)cc4)nn32)C1. The second-order valence-corrected chi connectivity index (χ2v) is 8.08. The van der Waals surface area contributed by atoms with E-state index >= 15 is 0 Å². The van der Waals surface area contributed by atoms with E-state index in [0.717, 1.165) is 11.3 Å². The first kappa shape index (κ1) is 19.1. The average Bonchev–Trinajstić information content (AvgIpc) is 3.31. The quantitative estimate of drug-likeness (QED) is 0.599. The van der Waals surface area contributed by atoms with E-state index in [-0.39, 0.29) is 17.2 Å². The number of benzene rings is 2. The number of aromatic nitrogens is 2. The summed E-state index contributed by atoms with van der Waals surface area (Å²) in [6.07, 6.45) is 2.71. The number of allylic oxidation sites excluding steroid dienone is 1. The number of fused-ring (bicyclic) bond motifs is 2. The molecule has 0 radical (unpaired) electrons. The van der Waals surface area contributed by atoms with Gasteiger partial charge in [0.25, 0.3) is 5.91 Å². The van der Waals surface area contributed by atoms with E-state index in [0.29, 0.717) is 42.2 Å². The number of ether oxygens (including phenoxy) is 1. The lowest BCUT2D eigenvalue weighted by molar-refractivity contribution is -0.124. The number of carbonyl (C=O) groups excluding carboxylic acids is 2. The van der Waals surface area contributed by atoms with Crippen LogP contribution >= 0.6 is 0 Å². The Balaban J connectivity index is 1.45. The Morgan fingerprint density at radius 3 is 2.45 bits per heavy atom. The lowest BCUT2D eigenvalue weighted by Gasteiger charge is -2.43. The summed E-state index contributed by atoms with van der Waals surface area (Å²) in [5, 5.41) is 8.06. The van der Waals surface area contributed by atoms with E-state index < -0.39 is 5.91 Å². The summed E-state index contributed by atoms with van der Waals surface area (Å²) in [6.45, 7) is 4.20. The number of nitrogens with one attached hydrogen (secondary N) is 1. The Labute approximate surface area is 179 Å². The number of hydrogen-bond acceptors (Lipinski definition) is 5. The number of nitrogens with two attached hydrogens (primary N) is 1. The highest BCUT2D eigenvalue weighted by molar-refractivity contribution is 6.04. The summed E-state index contributed by atoms with van der Waals surface area (Å²) in [6, 6.07) is 16.9. The van der Waals surface area contributed by atoms with Gasteiger partial charge in [0, 0.05) is 18.0 Å². The number of nitrogens with zero attached hydrogens (tertiary/aromatic N) is 2. The zero-order valence-corrected chi connectivity index (χ0v) is 16.9. The molecule has 31 heavy (non-hydrogen) atoms. The topological polar surface area (TPSA) is 99.2 Å². The van der Waals surface area contributed by atoms with Crippen LogP contribution < -0.4 is 15.8 Å². The zero-order chi connectivity index (χ0) is 21.6. The summed E-state index contributed by atoms with van der Waals surface area (Å²) in [5.41, 5.74) is 7.08. The van der Waals surface area contributed by atoms with Gasteiger partial charge in [-0.1, -0.05) is 24.8 Å². The molecule has 1 saturated carbocycles. The van der Waals surface area contributed by atoms with Gasteiger partial charge in [0.15, 0.2) is 5.78 Å². The molecule has 1 amide bonds. The molecule has 0 saturated heterocycles. The molecule has 7 nitrogen and oxygen atoms in total. The van der Waals surface area contributed by atoms with Crippen LogP contribution in [-0.4, -0.2) is 28.0 Å². The van der Waals surface area contributed by atoms with Crippen LogP contribution in [0, 0.1) is 5.92 Å². The molecule has 0 unspecified atom stereocenters. The van der Waals surface area contributed by atoms with Crippen LogP contribution in [0.2, 0.25) is 0 Å². The van der Waals surface area contributed by atoms with Gasteiger partial charge in [0.2, 0.25) is 0 Å². The Morgan fingerprint density at radius 1 is 1.13 bits per heavy atom. The molecule has 1 fully saturated rings. The second-order valence-electron chi connectivity index (χ2n) is 8.08. The van der Waals surface area contributed by atoms with Crippen molar-refractivity contribution >= 4 is 17.5 Å². The Morgan fingerprint density at radius 2 is 1.81 bits per heavy atom. The molecule has 5 rings (SSSR count). The maximum absolute atomic E-state index is 12.3. The first-order valence-corrected chi connectivity index (χ1v) is 10.2. The van der Waals surface area contributed by atoms with E-state index in [2.05, 4.69) is 11.9 Å². The highest BCUT2D eigenvalue weighted by Gasteiger charge is 2.53. The van der Waals surface area contributed by atoms with Gasteiger partial charge in [-0.15, -0.1) is 0 Å². The van der Waals surface area contributed by atoms with Gasteiger partial charge in [-0.25, -0.2) is 4.68 Å². The standard InChI is InChI=1S/C24H22N4O3/c1-2-19(29)16-12-24(13-16)14-26-23-20(22(25)30)21(27-28(23)24)15-8-10-18(11-9-15)31-17-6-4-3-5-7-17/h2-11,16,26H,1,12-14H2,(H2,25,30). The van der Waals surface area contributed by atoms with Gasteiger partial charge in [0.1, 0.15) is 28.6 Å². The van der Waals surface area contributed by atoms with Crippen molar-refractivity contribution in [2.45, 2.75) is 18.4 Å². The van der Waals surface area contributed by atoms with E-state index in [1.807, 2.05) is 59.3 Å². The lowest BCUT2D eigenvalue weighted by atomic mass is 9.67.